The number of carbonyl (C=O) groups excluding carboxylic acids is 1. The van der Waals surface area contributed by atoms with Gasteiger partial charge in [0.25, 0.3) is 5.91 Å². The molecule has 1 aliphatic rings. The summed E-state index contributed by atoms with van der Waals surface area (Å²) in [4.78, 5) is 13.7. The second kappa shape index (κ2) is 4.92. The van der Waals surface area contributed by atoms with Crippen molar-refractivity contribution in [2.24, 2.45) is 0 Å². The molecule has 2 rings (SSSR count). The summed E-state index contributed by atoms with van der Waals surface area (Å²) in [6.07, 6.45) is 1.15. The number of halogens is 2. The van der Waals surface area contributed by atoms with Crippen LogP contribution >= 0.6 is 34.5 Å². The Morgan fingerprint density at radius 1 is 1.56 bits per heavy atom. The van der Waals surface area contributed by atoms with Gasteiger partial charge in [0, 0.05) is 13.1 Å². The van der Waals surface area contributed by atoms with Crippen LogP contribution in [0.3, 0.4) is 0 Å². The molecule has 1 aliphatic heterocycles. The number of hydrogen-bond donors (Lipinski definition) is 1. The Kier molecular flexibility index (Phi) is 3.74. The number of β-amino-alcohol motifs (C(OH)–C–C–N with tert-alkyl or cyclic N) is 1. The lowest BCUT2D eigenvalue weighted by molar-refractivity contribution is 0.0474. The van der Waals surface area contributed by atoms with Gasteiger partial charge in [0.2, 0.25) is 0 Å². The number of thiophene rings is 1. The number of amides is 1. The van der Waals surface area contributed by atoms with Crippen LogP contribution in [-0.2, 0) is 0 Å². The molecule has 0 aliphatic carbocycles. The van der Waals surface area contributed by atoms with Crippen LogP contribution in [0.5, 0.6) is 0 Å². The van der Waals surface area contributed by atoms with Gasteiger partial charge in [0.05, 0.1) is 16.0 Å². The van der Waals surface area contributed by atoms with Crippen molar-refractivity contribution in [3.05, 3.63) is 20.3 Å². The van der Waals surface area contributed by atoms with Gasteiger partial charge in [-0.2, -0.15) is 0 Å². The van der Waals surface area contributed by atoms with Crippen LogP contribution in [0.4, 0.5) is 0 Å². The molecule has 1 amide bonds. The minimum atomic E-state index is -0.425. The topological polar surface area (TPSA) is 40.5 Å². The summed E-state index contributed by atoms with van der Waals surface area (Å²) in [6, 6.07) is 1.58. The lowest BCUT2D eigenvalue weighted by Gasteiger charge is -2.29. The van der Waals surface area contributed by atoms with E-state index in [9.17, 15) is 9.90 Å². The number of aliphatic hydroxyl groups excluding tert-OH is 1. The molecular formula is C10H11Cl2NO2S. The standard InChI is InChI=1S/C10H11Cl2NO2S/c11-8-4-7(9(12)16-8)10(15)13-3-1-2-6(14)5-13/h4,6,14H,1-3,5H2. The summed E-state index contributed by atoms with van der Waals surface area (Å²) in [7, 11) is 0. The third kappa shape index (κ3) is 2.51. The van der Waals surface area contributed by atoms with Crippen molar-refractivity contribution in [1.82, 2.24) is 4.90 Å². The predicted octanol–water partition coefficient (Wildman–Crippen LogP) is 2.65. The molecule has 0 bridgehead atoms. The number of aliphatic hydroxyl groups is 1. The second-order valence-electron chi connectivity index (χ2n) is 3.79. The zero-order valence-corrected chi connectivity index (χ0v) is 10.8. The summed E-state index contributed by atoms with van der Waals surface area (Å²) in [5.74, 6) is -0.146. The number of hydrogen-bond acceptors (Lipinski definition) is 3. The maximum atomic E-state index is 12.1. The fraction of sp³-hybridized carbons (Fsp3) is 0.500. The molecule has 88 valence electrons. The predicted molar refractivity (Wildman–Crippen MR) is 65.5 cm³/mol. The summed E-state index contributed by atoms with van der Waals surface area (Å²) in [6.45, 7) is 1.04. The van der Waals surface area contributed by atoms with Crippen LogP contribution in [0.2, 0.25) is 8.67 Å². The molecule has 0 saturated carbocycles. The van der Waals surface area contributed by atoms with Gasteiger partial charge >= 0.3 is 0 Å². The molecule has 1 unspecified atom stereocenters. The molecule has 1 aromatic rings. The Balaban J connectivity index is 2.15. The summed E-state index contributed by atoms with van der Waals surface area (Å²) in [5.41, 5.74) is 0.436. The highest BCUT2D eigenvalue weighted by Crippen LogP contribution is 2.32. The number of likely N-dealkylation sites (tertiary alicyclic amines) is 1. The third-order valence-electron chi connectivity index (χ3n) is 2.57. The first-order valence-corrected chi connectivity index (χ1v) is 6.57. The molecule has 16 heavy (non-hydrogen) atoms. The zero-order valence-electron chi connectivity index (χ0n) is 8.45. The zero-order chi connectivity index (χ0) is 11.7. The minimum Gasteiger partial charge on any atom is -0.391 e. The Hall–Kier alpha value is -0.290. The van der Waals surface area contributed by atoms with E-state index >= 15 is 0 Å². The Morgan fingerprint density at radius 2 is 2.31 bits per heavy atom. The molecular weight excluding hydrogens is 269 g/mol. The van der Waals surface area contributed by atoms with Crippen LogP contribution in [0.1, 0.15) is 23.2 Å². The first-order valence-electron chi connectivity index (χ1n) is 5.00. The van der Waals surface area contributed by atoms with Crippen molar-refractivity contribution in [3.63, 3.8) is 0 Å². The number of piperidine rings is 1. The Bertz CT molecular complexity index is 408. The monoisotopic (exact) mass is 279 g/mol. The van der Waals surface area contributed by atoms with Gasteiger partial charge in [-0.25, -0.2) is 0 Å². The van der Waals surface area contributed by atoms with Crippen LogP contribution < -0.4 is 0 Å². The van der Waals surface area contributed by atoms with Crippen molar-refractivity contribution >= 4 is 40.4 Å². The molecule has 1 N–H and O–H groups in total. The molecule has 1 atom stereocenters. The van der Waals surface area contributed by atoms with E-state index in [0.717, 1.165) is 12.8 Å². The molecule has 0 aromatic carbocycles. The van der Waals surface area contributed by atoms with Gasteiger partial charge in [-0.3, -0.25) is 4.79 Å². The van der Waals surface area contributed by atoms with Crippen molar-refractivity contribution < 1.29 is 9.90 Å². The maximum Gasteiger partial charge on any atom is 0.256 e. The minimum absolute atomic E-state index is 0.146. The van der Waals surface area contributed by atoms with E-state index in [0.29, 0.717) is 27.3 Å². The number of rotatable bonds is 1. The van der Waals surface area contributed by atoms with Gasteiger partial charge < -0.3 is 10.0 Å². The van der Waals surface area contributed by atoms with Gasteiger partial charge in [-0.1, -0.05) is 23.2 Å². The van der Waals surface area contributed by atoms with E-state index in [1.54, 1.807) is 11.0 Å². The second-order valence-corrected chi connectivity index (χ2v) is 6.07. The van der Waals surface area contributed by atoms with Crippen molar-refractivity contribution in [3.8, 4) is 0 Å². The van der Waals surface area contributed by atoms with E-state index in [4.69, 9.17) is 23.2 Å². The highest BCUT2D eigenvalue weighted by Gasteiger charge is 2.25. The van der Waals surface area contributed by atoms with E-state index < -0.39 is 6.10 Å². The molecule has 2 heterocycles. The highest BCUT2D eigenvalue weighted by molar-refractivity contribution is 7.20. The summed E-state index contributed by atoms with van der Waals surface area (Å²) < 4.78 is 0.918. The van der Waals surface area contributed by atoms with Gasteiger partial charge in [0.1, 0.15) is 4.34 Å². The fourth-order valence-corrected chi connectivity index (χ4v) is 3.24. The van der Waals surface area contributed by atoms with E-state index in [-0.39, 0.29) is 5.91 Å². The van der Waals surface area contributed by atoms with Crippen molar-refractivity contribution in [2.75, 3.05) is 13.1 Å². The quantitative estimate of drug-likeness (QED) is 0.859. The SMILES string of the molecule is O=C(c1cc(Cl)sc1Cl)N1CCCC(O)C1. The molecule has 1 fully saturated rings. The molecule has 0 radical (unpaired) electrons. The fourth-order valence-electron chi connectivity index (χ4n) is 1.80. The van der Waals surface area contributed by atoms with Crippen LogP contribution in [-0.4, -0.2) is 35.1 Å². The Morgan fingerprint density at radius 3 is 2.88 bits per heavy atom. The van der Waals surface area contributed by atoms with Gasteiger partial charge in [-0.15, -0.1) is 11.3 Å². The first-order chi connectivity index (χ1) is 7.58. The van der Waals surface area contributed by atoms with Gasteiger partial charge in [0.15, 0.2) is 0 Å². The largest absolute Gasteiger partial charge is 0.391 e. The third-order valence-corrected chi connectivity index (χ3v) is 4.06. The Labute approximate surface area is 108 Å². The first kappa shape index (κ1) is 12.2. The lowest BCUT2D eigenvalue weighted by atomic mass is 10.1. The smallest absolute Gasteiger partial charge is 0.256 e. The van der Waals surface area contributed by atoms with Crippen LogP contribution in [0.15, 0.2) is 6.07 Å². The van der Waals surface area contributed by atoms with E-state index in [2.05, 4.69) is 0 Å². The number of carbonyl (C=O) groups is 1. The average Bonchev–Trinajstić information content (AvgIpc) is 2.57. The summed E-state index contributed by atoms with van der Waals surface area (Å²) in [5, 5.41) is 9.50. The van der Waals surface area contributed by atoms with Crippen molar-refractivity contribution in [2.45, 2.75) is 18.9 Å². The van der Waals surface area contributed by atoms with E-state index in [1.165, 1.54) is 11.3 Å². The van der Waals surface area contributed by atoms with Crippen LogP contribution in [0.25, 0.3) is 0 Å². The molecule has 3 nitrogen and oxygen atoms in total. The maximum absolute atomic E-state index is 12.1. The summed E-state index contributed by atoms with van der Waals surface area (Å²) >= 11 is 12.9. The normalized spacial score (nSPS) is 21.2. The van der Waals surface area contributed by atoms with Crippen LogP contribution in [0, 0.1) is 0 Å². The average molecular weight is 280 g/mol. The van der Waals surface area contributed by atoms with Gasteiger partial charge in [-0.05, 0) is 18.9 Å². The molecule has 1 aromatic heterocycles. The lowest BCUT2D eigenvalue weighted by Crippen LogP contribution is -2.42. The van der Waals surface area contributed by atoms with Crippen molar-refractivity contribution in [1.29, 1.82) is 0 Å². The molecule has 1 saturated heterocycles. The van der Waals surface area contributed by atoms with E-state index in [1.807, 2.05) is 0 Å². The molecule has 0 spiro atoms. The molecule has 6 heteroatoms. The number of nitrogens with zero attached hydrogens (tertiary/aromatic N) is 1. The highest BCUT2D eigenvalue weighted by atomic mass is 35.5.